The summed E-state index contributed by atoms with van der Waals surface area (Å²) in [5.74, 6) is -13.0. The van der Waals surface area contributed by atoms with Crippen molar-refractivity contribution in [2.45, 2.75) is 12.5 Å². The number of amides is 1. The zero-order valence-corrected chi connectivity index (χ0v) is 10.1. The number of hydrogen-bond acceptors (Lipinski definition) is 3. The van der Waals surface area contributed by atoms with Gasteiger partial charge in [0.25, 0.3) is 5.91 Å². The highest BCUT2D eigenvalue weighted by atomic mass is 19.2. The summed E-state index contributed by atoms with van der Waals surface area (Å²) in [6.07, 6.45) is 0. The van der Waals surface area contributed by atoms with Gasteiger partial charge in [0, 0.05) is 6.54 Å². The van der Waals surface area contributed by atoms with Gasteiger partial charge < -0.3 is 15.5 Å². The molecule has 20 heavy (non-hydrogen) atoms. The van der Waals surface area contributed by atoms with Crippen LogP contribution in [0.5, 0.6) is 0 Å². The molecular formula is C11H10F5NO3. The summed E-state index contributed by atoms with van der Waals surface area (Å²) in [7, 11) is 0. The van der Waals surface area contributed by atoms with Gasteiger partial charge in [-0.3, -0.25) is 4.79 Å². The number of halogens is 5. The van der Waals surface area contributed by atoms with Gasteiger partial charge in [0.1, 0.15) is 11.2 Å². The highest BCUT2D eigenvalue weighted by molar-refractivity contribution is 5.94. The first-order valence-electron chi connectivity index (χ1n) is 5.25. The number of rotatable bonds is 4. The third-order valence-corrected chi connectivity index (χ3v) is 2.41. The van der Waals surface area contributed by atoms with Crippen LogP contribution in [0.4, 0.5) is 22.0 Å². The molecule has 1 rings (SSSR count). The van der Waals surface area contributed by atoms with Gasteiger partial charge in [-0.1, -0.05) is 0 Å². The van der Waals surface area contributed by atoms with Gasteiger partial charge in [-0.15, -0.1) is 0 Å². The van der Waals surface area contributed by atoms with Crippen molar-refractivity contribution in [1.82, 2.24) is 5.32 Å². The van der Waals surface area contributed by atoms with E-state index in [2.05, 4.69) is 0 Å². The van der Waals surface area contributed by atoms with Gasteiger partial charge in [-0.05, 0) is 6.92 Å². The van der Waals surface area contributed by atoms with Crippen molar-refractivity contribution < 1.29 is 37.0 Å². The van der Waals surface area contributed by atoms with Crippen molar-refractivity contribution >= 4 is 5.91 Å². The number of carbonyl (C=O) groups excluding carboxylic acids is 1. The summed E-state index contributed by atoms with van der Waals surface area (Å²) in [6.45, 7) is -0.349. The summed E-state index contributed by atoms with van der Waals surface area (Å²) >= 11 is 0. The summed E-state index contributed by atoms with van der Waals surface area (Å²) in [6, 6.07) is 0. The van der Waals surface area contributed by atoms with E-state index in [0.717, 1.165) is 6.92 Å². The lowest BCUT2D eigenvalue weighted by molar-refractivity contribution is 0.00311. The number of benzene rings is 1. The first kappa shape index (κ1) is 16.3. The Morgan fingerprint density at radius 2 is 1.45 bits per heavy atom. The van der Waals surface area contributed by atoms with Crippen molar-refractivity contribution in [3.05, 3.63) is 34.6 Å². The predicted octanol–water partition coefficient (Wildman–Crippen LogP) is 0.855. The molecule has 0 saturated carbocycles. The van der Waals surface area contributed by atoms with Crippen molar-refractivity contribution in [2.75, 3.05) is 13.2 Å². The minimum Gasteiger partial charge on any atom is -0.393 e. The van der Waals surface area contributed by atoms with Gasteiger partial charge in [0.2, 0.25) is 5.82 Å². The fourth-order valence-corrected chi connectivity index (χ4v) is 1.22. The molecule has 0 saturated heterocycles. The van der Waals surface area contributed by atoms with E-state index in [1.165, 1.54) is 0 Å². The molecule has 0 aliphatic heterocycles. The first-order chi connectivity index (χ1) is 9.12. The van der Waals surface area contributed by atoms with Gasteiger partial charge >= 0.3 is 0 Å². The zero-order chi connectivity index (χ0) is 15.7. The van der Waals surface area contributed by atoms with Gasteiger partial charge in [-0.2, -0.15) is 0 Å². The smallest absolute Gasteiger partial charge is 0.257 e. The summed E-state index contributed by atoms with van der Waals surface area (Å²) in [5, 5.41) is 19.8. The first-order valence-corrected chi connectivity index (χ1v) is 5.25. The average Bonchev–Trinajstić information content (AvgIpc) is 2.41. The van der Waals surface area contributed by atoms with Crippen molar-refractivity contribution in [3.63, 3.8) is 0 Å². The lowest BCUT2D eigenvalue weighted by Crippen LogP contribution is -2.43. The third kappa shape index (κ3) is 3.05. The highest BCUT2D eigenvalue weighted by Gasteiger charge is 2.30. The van der Waals surface area contributed by atoms with E-state index in [4.69, 9.17) is 5.11 Å². The molecule has 1 atom stereocenters. The van der Waals surface area contributed by atoms with E-state index in [9.17, 15) is 31.9 Å². The lowest BCUT2D eigenvalue weighted by atomic mass is 10.1. The zero-order valence-electron chi connectivity index (χ0n) is 10.1. The average molecular weight is 299 g/mol. The molecule has 112 valence electrons. The molecule has 0 aliphatic carbocycles. The molecule has 1 aromatic rings. The molecule has 1 unspecified atom stereocenters. The third-order valence-electron chi connectivity index (χ3n) is 2.41. The fraction of sp³-hybridized carbons (Fsp3) is 0.364. The standard InChI is InChI=1S/C11H10F5NO3/c1-11(20,3-18)2-17-10(19)4-5(12)7(14)9(16)8(15)6(4)13/h18,20H,2-3H2,1H3,(H,17,19). The molecule has 0 bridgehead atoms. The van der Waals surface area contributed by atoms with E-state index >= 15 is 0 Å². The van der Waals surface area contributed by atoms with Crippen LogP contribution in [0.2, 0.25) is 0 Å². The summed E-state index contributed by atoms with van der Waals surface area (Å²) in [4.78, 5) is 11.4. The Kier molecular flexibility index (Phi) is 4.66. The molecule has 0 aromatic heterocycles. The second kappa shape index (κ2) is 5.71. The number of hydrogen-bond donors (Lipinski definition) is 3. The largest absolute Gasteiger partial charge is 0.393 e. The van der Waals surface area contributed by atoms with Crippen LogP contribution < -0.4 is 5.32 Å². The van der Waals surface area contributed by atoms with Gasteiger partial charge in [0.15, 0.2) is 23.3 Å². The van der Waals surface area contributed by atoms with Gasteiger partial charge in [-0.25, -0.2) is 22.0 Å². The Labute approximate surface area is 109 Å². The Morgan fingerprint density at radius 1 is 1.05 bits per heavy atom. The van der Waals surface area contributed by atoms with Crippen LogP contribution >= 0.6 is 0 Å². The minimum absolute atomic E-state index is 0.651. The topological polar surface area (TPSA) is 69.6 Å². The minimum atomic E-state index is -2.38. The van der Waals surface area contributed by atoms with Crippen LogP contribution in [0.1, 0.15) is 17.3 Å². The second-order valence-corrected chi connectivity index (χ2v) is 4.28. The van der Waals surface area contributed by atoms with Crippen LogP contribution in [0.15, 0.2) is 0 Å². The fourth-order valence-electron chi connectivity index (χ4n) is 1.22. The normalized spacial score (nSPS) is 14.0. The van der Waals surface area contributed by atoms with Crippen LogP contribution in [-0.4, -0.2) is 34.9 Å². The number of aliphatic hydroxyl groups excluding tert-OH is 1. The maximum atomic E-state index is 13.3. The van der Waals surface area contributed by atoms with Crippen molar-refractivity contribution in [3.8, 4) is 0 Å². The Hall–Kier alpha value is -1.74. The molecule has 1 aromatic carbocycles. The summed E-state index contributed by atoms with van der Waals surface area (Å²) in [5.41, 5.74) is -3.46. The predicted molar refractivity (Wildman–Crippen MR) is 56.3 cm³/mol. The van der Waals surface area contributed by atoms with Crippen molar-refractivity contribution in [2.24, 2.45) is 0 Å². The Bertz CT molecular complexity index is 518. The Balaban J connectivity index is 3.12. The van der Waals surface area contributed by atoms with Crippen LogP contribution in [0.3, 0.4) is 0 Å². The van der Waals surface area contributed by atoms with Crippen molar-refractivity contribution in [1.29, 1.82) is 0 Å². The monoisotopic (exact) mass is 299 g/mol. The molecule has 9 heteroatoms. The van der Waals surface area contributed by atoms with E-state index in [0.29, 0.717) is 0 Å². The van der Waals surface area contributed by atoms with Crippen LogP contribution in [-0.2, 0) is 0 Å². The van der Waals surface area contributed by atoms with Crippen LogP contribution in [0.25, 0.3) is 0 Å². The highest BCUT2D eigenvalue weighted by Crippen LogP contribution is 2.22. The molecular weight excluding hydrogens is 289 g/mol. The quantitative estimate of drug-likeness (QED) is 0.439. The second-order valence-electron chi connectivity index (χ2n) is 4.28. The Morgan fingerprint density at radius 3 is 1.85 bits per heavy atom. The van der Waals surface area contributed by atoms with E-state index < -0.39 is 59.3 Å². The van der Waals surface area contributed by atoms with Crippen LogP contribution in [0, 0.1) is 29.1 Å². The molecule has 0 fully saturated rings. The number of nitrogens with one attached hydrogen (secondary N) is 1. The summed E-state index contributed by atoms with van der Waals surface area (Å²) < 4.78 is 65.0. The molecule has 0 radical (unpaired) electrons. The van der Waals surface area contributed by atoms with E-state index in [1.54, 1.807) is 5.32 Å². The molecule has 0 heterocycles. The number of carbonyl (C=O) groups is 1. The molecule has 0 aliphatic rings. The molecule has 4 nitrogen and oxygen atoms in total. The maximum Gasteiger partial charge on any atom is 0.257 e. The number of aliphatic hydroxyl groups is 2. The van der Waals surface area contributed by atoms with E-state index in [-0.39, 0.29) is 0 Å². The molecule has 1 amide bonds. The SMILES string of the molecule is CC(O)(CO)CNC(=O)c1c(F)c(F)c(F)c(F)c1F. The maximum absolute atomic E-state index is 13.3. The van der Waals surface area contributed by atoms with E-state index in [1.807, 2.05) is 0 Å². The molecule has 3 N–H and O–H groups in total. The lowest BCUT2D eigenvalue weighted by Gasteiger charge is -2.20. The molecule has 0 spiro atoms. The van der Waals surface area contributed by atoms with Gasteiger partial charge in [0.05, 0.1) is 6.61 Å².